The van der Waals surface area contributed by atoms with Gasteiger partial charge < -0.3 is 5.32 Å². The van der Waals surface area contributed by atoms with Crippen LogP contribution in [-0.4, -0.2) is 23.3 Å². The summed E-state index contributed by atoms with van der Waals surface area (Å²) in [6.45, 7) is 2.93. The van der Waals surface area contributed by atoms with Crippen molar-refractivity contribution in [2.45, 2.75) is 50.2 Å². The largest absolute Gasteiger partial charge is 0.384 e. The molecule has 1 saturated carbocycles. The third kappa shape index (κ3) is 3.78. The Hall–Kier alpha value is -0.960. The van der Waals surface area contributed by atoms with Gasteiger partial charge in [-0.15, -0.1) is 0 Å². The number of hydrogen-bond donors (Lipinski definition) is 1. The van der Waals surface area contributed by atoms with E-state index in [1.165, 1.54) is 32.1 Å². The van der Waals surface area contributed by atoms with Crippen molar-refractivity contribution >= 4 is 23.2 Å². The Kier molecular flexibility index (Phi) is 5.53. The van der Waals surface area contributed by atoms with Gasteiger partial charge in [0.05, 0.1) is 0 Å². The number of benzene rings is 1. The van der Waals surface area contributed by atoms with E-state index < -0.39 is 0 Å². The van der Waals surface area contributed by atoms with E-state index in [0.29, 0.717) is 11.2 Å². The second kappa shape index (κ2) is 7.16. The maximum atomic E-state index is 11.6. The van der Waals surface area contributed by atoms with E-state index in [1.54, 1.807) is 0 Å². The van der Waals surface area contributed by atoms with Gasteiger partial charge in [-0.25, -0.2) is 0 Å². The third-order valence-electron chi connectivity index (χ3n) is 4.34. The lowest BCUT2D eigenvalue weighted by molar-refractivity contribution is 0.0988. The lowest BCUT2D eigenvalue weighted by atomic mass is 9.88. The van der Waals surface area contributed by atoms with Crippen LogP contribution in [0.4, 0.5) is 5.69 Å². The number of ketones is 1. The first-order valence-corrected chi connectivity index (χ1v) is 8.84. The number of anilines is 1. The highest BCUT2D eigenvalue weighted by Crippen LogP contribution is 2.38. The van der Waals surface area contributed by atoms with Gasteiger partial charge in [-0.2, -0.15) is 11.8 Å². The predicted octanol–water partition coefficient (Wildman–Crippen LogP) is 4.76. The molecule has 0 saturated heterocycles. The van der Waals surface area contributed by atoms with Crippen molar-refractivity contribution in [3.8, 4) is 0 Å². The summed E-state index contributed by atoms with van der Waals surface area (Å²) >= 11 is 2.01. The van der Waals surface area contributed by atoms with E-state index >= 15 is 0 Å². The van der Waals surface area contributed by atoms with E-state index in [0.717, 1.165) is 17.8 Å². The van der Waals surface area contributed by atoms with Crippen molar-refractivity contribution in [1.29, 1.82) is 0 Å². The van der Waals surface area contributed by atoms with Crippen LogP contribution in [-0.2, 0) is 0 Å². The number of rotatable bonds is 6. The van der Waals surface area contributed by atoms with Crippen LogP contribution in [0.5, 0.6) is 0 Å². The fraction of sp³-hybridized carbons (Fsp3) is 0.588. The van der Waals surface area contributed by atoms with Gasteiger partial charge in [0.1, 0.15) is 0 Å². The summed E-state index contributed by atoms with van der Waals surface area (Å²) in [6, 6.07) is 7.92. The standard InChI is InChI=1S/C17H25NOS/c1-3-16(19)14-7-9-15(10-8-14)18-13-17(20-2)11-5-4-6-12-17/h7-10,18H,3-6,11-13H2,1-2H3. The van der Waals surface area contributed by atoms with Gasteiger partial charge in [0.15, 0.2) is 5.78 Å². The van der Waals surface area contributed by atoms with Crippen LogP contribution >= 0.6 is 11.8 Å². The molecule has 3 heteroatoms. The van der Waals surface area contributed by atoms with Crippen LogP contribution in [0.15, 0.2) is 24.3 Å². The molecule has 1 aliphatic rings. The summed E-state index contributed by atoms with van der Waals surface area (Å²) in [6.07, 6.45) is 9.52. The van der Waals surface area contributed by atoms with Gasteiger partial charge in [0.25, 0.3) is 0 Å². The molecule has 0 aliphatic heterocycles. The van der Waals surface area contributed by atoms with Gasteiger partial charge >= 0.3 is 0 Å². The Morgan fingerprint density at radius 1 is 1.20 bits per heavy atom. The van der Waals surface area contributed by atoms with Crippen molar-refractivity contribution in [3.63, 3.8) is 0 Å². The molecule has 1 N–H and O–H groups in total. The molecule has 20 heavy (non-hydrogen) atoms. The molecule has 110 valence electrons. The Labute approximate surface area is 126 Å². The highest BCUT2D eigenvalue weighted by Gasteiger charge is 2.30. The van der Waals surface area contributed by atoms with Gasteiger partial charge in [0.2, 0.25) is 0 Å². The predicted molar refractivity (Wildman–Crippen MR) is 88.9 cm³/mol. The molecule has 0 unspecified atom stereocenters. The van der Waals surface area contributed by atoms with Gasteiger partial charge in [-0.3, -0.25) is 4.79 Å². The Morgan fingerprint density at radius 2 is 1.85 bits per heavy atom. The molecule has 0 atom stereocenters. The van der Waals surface area contributed by atoms with E-state index in [4.69, 9.17) is 0 Å². The maximum absolute atomic E-state index is 11.6. The lowest BCUT2D eigenvalue weighted by Crippen LogP contribution is -2.35. The van der Waals surface area contributed by atoms with E-state index in [9.17, 15) is 4.79 Å². The molecule has 0 amide bonds. The molecule has 0 aromatic heterocycles. The number of thioether (sulfide) groups is 1. The van der Waals surface area contributed by atoms with Crippen LogP contribution in [0.1, 0.15) is 55.8 Å². The van der Waals surface area contributed by atoms with Gasteiger partial charge in [-0.05, 0) is 43.4 Å². The molecule has 1 fully saturated rings. The molecular formula is C17H25NOS. The normalized spacial score (nSPS) is 17.7. The summed E-state index contributed by atoms with van der Waals surface area (Å²) in [5.74, 6) is 0.212. The van der Waals surface area contributed by atoms with Crippen LogP contribution < -0.4 is 5.32 Å². The minimum atomic E-state index is 0.212. The molecule has 1 aromatic carbocycles. The van der Waals surface area contributed by atoms with Gasteiger partial charge in [0, 0.05) is 29.0 Å². The minimum Gasteiger partial charge on any atom is -0.384 e. The second-order valence-corrected chi connectivity index (χ2v) is 6.93. The number of carbonyl (C=O) groups is 1. The molecule has 1 aliphatic carbocycles. The first kappa shape index (κ1) is 15.4. The molecule has 0 heterocycles. The van der Waals surface area contributed by atoms with Crippen LogP contribution in [0.2, 0.25) is 0 Å². The average molecular weight is 291 g/mol. The topological polar surface area (TPSA) is 29.1 Å². The maximum Gasteiger partial charge on any atom is 0.162 e. The van der Waals surface area contributed by atoms with Gasteiger partial charge in [-0.1, -0.05) is 26.2 Å². The average Bonchev–Trinajstić information content (AvgIpc) is 2.53. The molecule has 0 radical (unpaired) electrons. The Morgan fingerprint density at radius 3 is 2.40 bits per heavy atom. The van der Waals surface area contributed by atoms with Crippen molar-refractivity contribution in [1.82, 2.24) is 0 Å². The zero-order chi connectivity index (χ0) is 14.4. The number of Topliss-reactive ketones (excluding diaryl/α,β-unsaturated/α-hetero) is 1. The molecule has 0 spiro atoms. The summed E-state index contributed by atoms with van der Waals surface area (Å²) < 4.78 is 0.399. The van der Waals surface area contributed by atoms with E-state index in [-0.39, 0.29) is 5.78 Å². The van der Waals surface area contributed by atoms with Crippen molar-refractivity contribution < 1.29 is 4.79 Å². The molecule has 2 rings (SSSR count). The number of carbonyl (C=O) groups excluding carboxylic acids is 1. The highest BCUT2D eigenvalue weighted by molar-refractivity contribution is 8.00. The fourth-order valence-electron chi connectivity index (χ4n) is 2.89. The zero-order valence-electron chi connectivity index (χ0n) is 12.6. The Bertz CT molecular complexity index is 435. The molecule has 1 aromatic rings. The summed E-state index contributed by atoms with van der Waals surface area (Å²) in [5.41, 5.74) is 1.94. The molecular weight excluding hydrogens is 266 g/mol. The Balaban J connectivity index is 1.94. The first-order chi connectivity index (χ1) is 9.69. The quantitative estimate of drug-likeness (QED) is 0.766. The molecule has 2 nitrogen and oxygen atoms in total. The SMILES string of the molecule is CCC(=O)c1ccc(NCC2(SC)CCCCC2)cc1. The summed E-state index contributed by atoms with van der Waals surface area (Å²) in [7, 11) is 0. The van der Waals surface area contributed by atoms with E-state index in [1.807, 2.05) is 43.0 Å². The zero-order valence-corrected chi connectivity index (χ0v) is 13.4. The van der Waals surface area contributed by atoms with E-state index in [2.05, 4.69) is 11.6 Å². The minimum absolute atomic E-state index is 0.212. The number of nitrogens with one attached hydrogen (secondary N) is 1. The smallest absolute Gasteiger partial charge is 0.162 e. The van der Waals surface area contributed by atoms with Crippen molar-refractivity contribution in [2.24, 2.45) is 0 Å². The summed E-state index contributed by atoms with van der Waals surface area (Å²) in [4.78, 5) is 11.6. The highest BCUT2D eigenvalue weighted by atomic mass is 32.2. The van der Waals surface area contributed by atoms with Crippen LogP contribution in [0, 0.1) is 0 Å². The third-order valence-corrected chi connectivity index (χ3v) is 5.76. The lowest BCUT2D eigenvalue weighted by Gasteiger charge is -2.36. The monoisotopic (exact) mass is 291 g/mol. The fourth-order valence-corrected chi connectivity index (χ4v) is 3.80. The van der Waals surface area contributed by atoms with Crippen molar-refractivity contribution in [3.05, 3.63) is 29.8 Å². The summed E-state index contributed by atoms with van der Waals surface area (Å²) in [5, 5.41) is 3.56. The molecule has 0 bridgehead atoms. The first-order valence-electron chi connectivity index (χ1n) is 7.61. The number of hydrogen-bond acceptors (Lipinski definition) is 3. The van der Waals surface area contributed by atoms with Crippen LogP contribution in [0.3, 0.4) is 0 Å². The second-order valence-electron chi connectivity index (χ2n) is 5.66. The van der Waals surface area contributed by atoms with Crippen LogP contribution in [0.25, 0.3) is 0 Å². The van der Waals surface area contributed by atoms with Crippen molar-refractivity contribution in [2.75, 3.05) is 18.1 Å².